The van der Waals surface area contributed by atoms with E-state index < -0.39 is 55.2 Å². The second-order valence-corrected chi connectivity index (χ2v) is 23.9. The Labute approximate surface area is 507 Å². The molecule has 0 saturated heterocycles. The number of pyridine rings is 1. The van der Waals surface area contributed by atoms with Crippen LogP contribution in [0, 0.1) is 25.7 Å². The molecule has 1 aliphatic heterocycles. The first-order chi connectivity index (χ1) is 43.0. The molecule has 0 atom stereocenters. The summed E-state index contributed by atoms with van der Waals surface area (Å²) < 4.78 is 109. The number of para-hydroxylation sites is 3. The van der Waals surface area contributed by atoms with Crippen LogP contribution in [0.2, 0.25) is 0 Å². The molecule has 81 heavy (non-hydrogen) atoms. The van der Waals surface area contributed by atoms with E-state index in [1.165, 1.54) is 21.3 Å². The third kappa shape index (κ3) is 9.72. The van der Waals surface area contributed by atoms with Gasteiger partial charge in [0.15, 0.2) is 0 Å². The van der Waals surface area contributed by atoms with Crippen molar-refractivity contribution >= 4 is 60.7 Å². The first-order valence-corrected chi connectivity index (χ1v) is 27.1. The van der Waals surface area contributed by atoms with Gasteiger partial charge in [-0.05, 0) is 104 Å². The minimum atomic E-state index is -2.62. The number of rotatable bonds is 9. The summed E-state index contributed by atoms with van der Waals surface area (Å²) in [7, 11) is 0. The van der Waals surface area contributed by atoms with Crippen molar-refractivity contribution in [2.75, 3.05) is 9.80 Å². The number of anilines is 3. The largest absolute Gasteiger partial charge is 0.509 e. The number of nitrogens with zero attached hydrogens (tertiary/aromatic N) is 5. The van der Waals surface area contributed by atoms with Crippen LogP contribution >= 0.6 is 0 Å². The van der Waals surface area contributed by atoms with Crippen LogP contribution < -0.4 is 14.5 Å². The fourth-order valence-corrected chi connectivity index (χ4v) is 11.1. The van der Waals surface area contributed by atoms with Crippen molar-refractivity contribution in [3.8, 4) is 45.3 Å². The van der Waals surface area contributed by atoms with E-state index >= 15 is 0 Å². The monoisotopic (exact) mass is 1250 g/mol. The summed E-state index contributed by atoms with van der Waals surface area (Å²) in [6, 6.07) is 50.8. The maximum atomic E-state index is 9.39. The summed E-state index contributed by atoms with van der Waals surface area (Å²) in [6.45, 7) is 19.9. The van der Waals surface area contributed by atoms with E-state index in [0.29, 0.717) is 56.6 Å². The smallest absolute Gasteiger partial charge is 0.135 e. The Morgan fingerprint density at radius 3 is 1.90 bits per heavy atom. The van der Waals surface area contributed by atoms with Crippen LogP contribution in [0.4, 0.5) is 17.1 Å². The predicted molar refractivity (Wildman–Crippen MR) is 334 cm³/mol. The number of hydrogen-bond donors (Lipinski definition) is 0. The molecule has 12 aromatic rings. The fraction of sp³-hybridized carbons (Fsp3) is 0.189. The van der Waals surface area contributed by atoms with Crippen molar-refractivity contribution in [3.63, 3.8) is 0 Å². The zero-order chi connectivity index (χ0) is 64.7. The molecule has 4 heterocycles. The van der Waals surface area contributed by atoms with Crippen LogP contribution in [0.5, 0.6) is 11.5 Å². The van der Waals surface area contributed by atoms with E-state index in [4.69, 9.17) is 19.3 Å². The van der Waals surface area contributed by atoms with Gasteiger partial charge >= 0.3 is 0 Å². The second-order valence-electron chi connectivity index (χ2n) is 23.9. The molecule has 0 unspecified atom stereocenters. The molecule has 9 aromatic carbocycles. The van der Waals surface area contributed by atoms with Gasteiger partial charge in [-0.15, -0.1) is 36.0 Å². The van der Waals surface area contributed by atoms with Crippen molar-refractivity contribution in [3.05, 3.63) is 247 Å². The van der Waals surface area contributed by atoms with Gasteiger partial charge in [-0.1, -0.05) is 200 Å². The molecule has 0 fully saturated rings. The SMILES string of the molecule is [2H]c1c([2H])c([2H])c2c(c1[2H])c1c([2H])c([2H])c([2H])c([2H])c1n2-c1cccc2c1c1ccc(Oc3[c-]c(N4[CH-]N(Cc5cc(C(C)(C)C)cc(C(C)(C)C)c5)c5c(-c6ccccc6)cccc54)ccc3)[c-]c1n2-c1cc(C([2H])([2H])[2H])c(-c2cccc(C(C)(C)C)c2)cn1.[Pt]. The van der Waals surface area contributed by atoms with Crippen molar-refractivity contribution < 1.29 is 40.9 Å². The van der Waals surface area contributed by atoms with Crippen LogP contribution in [-0.4, -0.2) is 14.1 Å². The van der Waals surface area contributed by atoms with Gasteiger partial charge in [-0.2, -0.15) is 18.8 Å². The van der Waals surface area contributed by atoms with E-state index in [2.05, 4.69) is 152 Å². The molecule has 3 aromatic heterocycles. The first-order valence-electron chi connectivity index (χ1n) is 32.6. The van der Waals surface area contributed by atoms with Crippen LogP contribution in [0.25, 0.3) is 77.4 Å². The van der Waals surface area contributed by atoms with Crippen LogP contribution in [-0.2, 0) is 43.9 Å². The van der Waals surface area contributed by atoms with E-state index in [9.17, 15) is 5.48 Å². The second kappa shape index (κ2) is 20.4. The van der Waals surface area contributed by atoms with Gasteiger partial charge in [0.1, 0.15) is 5.82 Å². The van der Waals surface area contributed by atoms with E-state index in [1.807, 2.05) is 60.7 Å². The van der Waals surface area contributed by atoms with Crippen molar-refractivity contribution in [1.29, 1.82) is 0 Å². The third-order valence-electron chi connectivity index (χ3n) is 15.3. The van der Waals surface area contributed by atoms with Crippen LogP contribution in [0.15, 0.2) is 200 Å². The van der Waals surface area contributed by atoms with Gasteiger partial charge in [-0.25, -0.2) is 4.98 Å². The molecular weight excluding hydrogens is 1170 g/mol. The summed E-state index contributed by atoms with van der Waals surface area (Å²) in [5.41, 5.74) is 11.4. The standard InChI is InChI=1S/C74H66N5O.Pt/c1-48-38-69(75-45-62(48)51-24-18-25-52(41-51)72(2,3)4)79-66-34-21-33-65(78-63-31-16-14-28-59(63)60-29-15-17-32-64(60)78)70(66)61-37-36-57(44-68(61)79)80-56-27-19-26-55(43-56)77-47-76(71-58(30-20-35-67(71)77)50-22-12-11-13-23-50)46-49-39-53(73(5,6)7)42-54(40-49)74(8,9)10;/h11-42,45,47H,46H2,1-10H3;/q-3;/i1D3,14D,15D,16D,17D,28D,29D,31D,32D;. The normalized spacial score (nSPS) is 15.0. The van der Waals surface area contributed by atoms with Crippen molar-refractivity contribution in [1.82, 2.24) is 14.1 Å². The molecule has 0 amide bonds. The predicted octanol–water partition coefficient (Wildman–Crippen LogP) is 19.5. The number of fused-ring (bicyclic) bond motifs is 7. The molecule has 0 spiro atoms. The minimum Gasteiger partial charge on any atom is -0.509 e. The Bertz CT molecular complexity index is 4870. The van der Waals surface area contributed by atoms with E-state index in [0.717, 1.165) is 28.1 Å². The van der Waals surface area contributed by atoms with Gasteiger partial charge in [0.25, 0.3) is 0 Å². The van der Waals surface area contributed by atoms with Crippen LogP contribution in [0.3, 0.4) is 0 Å². The quantitative estimate of drug-likeness (QED) is 0.135. The number of ether oxygens (including phenoxy) is 1. The Hall–Kier alpha value is -8.18. The summed E-state index contributed by atoms with van der Waals surface area (Å²) >= 11 is 0. The Balaban J connectivity index is 0.00000816. The number of aryl methyl sites for hydroxylation is 1. The molecule has 0 aliphatic carbocycles. The fourth-order valence-electron chi connectivity index (χ4n) is 11.1. The van der Waals surface area contributed by atoms with Crippen molar-refractivity contribution in [2.45, 2.75) is 92.0 Å². The molecular formula is C74H66N5OPt-3. The topological polar surface area (TPSA) is 38.5 Å². The average molecular weight is 1250 g/mol. The Morgan fingerprint density at radius 2 is 1.20 bits per heavy atom. The summed E-state index contributed by atoms with van der Waals surface area (Å²) in [5, 5.41) is 0.884. The van der Waals surface area contributed by atoms with E-state index in [-0.39, 0.29) is 76.2 Å². The maximum Gasteiger partial charge on any atom is 0.135 e. The molecule has 0 bridgehead atoms. The maximum absolute atomic E-state index is 9.39. The molecule has 6 nitrogen and oxygen atoms in total. The van der Waals surface area contributed by atoms with Crippen molar-refractivity contribution in [2.24, 2.45) is 0 Å². The van der Waals surface area contributed by atoms with Gasteiger partial charge in [0.05, 0.1) is 22.0 Å². The minimum absolute atomic E-state index is 0. The molecule has 1 aliphatic rings. The number of benzene rings is 9. The molecule has 0 saturated carbocycles. The zero-order valence-electron chi connectivity index (χ0n) is 57.7. The number of hydrogen-bond acceptors (Lipinski definition) is 4. The molecule has 13 rings (SSSR count). The summed E-state index contributed by atoms with van der Waals surface area (Å²) in [6.07, 6.45) is 1.57. The molecule has 406 valence electrons. The summed E-state index contributed by atoms with van der Waals surface area (Å²) in [4.78, 5) is 9.49. The Morgan fingerprint density at radius 1 is 0.556 bits per heavy atom. The number of aromatic nitrogens is 3. The average Bonchev–Trinajstić information content (AvgIpc) is 1.53. The van der Waals surface area contributed by atoms with Gasteiger partial charge in [0.2, 0.25) is 0 Å². The summed E-state index contributed by atoms with van der Waals surface area (Å²) in [5.74, 6) is 0.856. The molecule has 0 N–H and O–H groups in total. The third-order valence-corrected chi connectivity index (χ3v) is 15.3. The molecule has 7 heteroatoms. The van der Waals surface area contributed by atoms with Gasteiger partial charge in [-0.3, -0.25) is 0 Å². The van der Waals surface area contributed by atoms with E-state index in [1.54, 1.807) is 35.0 Å². The first kappa shape index (κ1) is 41.8. The zero-order valence-corrected chi connectivity index (χ0v) is 49.0. The van der Waals surface area contributed by atoms with Gasteiger partial charge in [0, 0.05) is 93.9 Å². The van der Waals surface area contributed by atoms with Crippen LogP contribution in [0.1, 0.15) is 105 Å². The van der Waals surface area contributed by atoms with Gasteiger partial charge < -0.3 is 23.7 Å². The Kier molecular flexibility index (Phi) is 10.5. The molecule has 0 radical (unpaired) electrons.